The third kappa shape index (κ3) is 3.92. The summed E-state index contributed by atoms with van der Waals surface area (Å²) in [4.78, 5) is 10.8. The van der Waals surface area contributed by atoms with Crippen molar-refractivity contribution in [2.75, 3.05) is 0 Å². The first-order valence-corrected chi connectivity index (χ1v) is 4.96. The summed E-state index contributed by atoms with van der Waals surface area (Å²) in [5, 5.41) is 0. The molecule has 0 amide bonds. The molecule has 1 aliphatic carbocycles. The van der Waals surface area contributed by atoms with Crippen molar-refractivity contribution in [2.24, 2.45) is 0 Å². The Balaban J connectivity index is 2.43. The molecule has 1 atom stereocenters. The van der Waals surface area contributed by atoms with Crippen LogP contribution in [0.25, 0.3) is 0 Å². The van der Waals surface area contributed by atoms with Gasteiger partial charge < -0.3 is 0 Å². The van der Waals surface area contributed by atoms with Gasteiger partial charge in [0.15, 0.2) is 0 Å². The molecule has 13 heavy (non-hydrogen) atoms. The summed E-state index contributed by atoms with van der Waals surface area (Å²) in [6, 6.07) is 0. The molecule has 1 aliphatic rings. The third-order valence-corrected chi connectivity index (χ3v) is 2.00. The first-order valence-electron chi connectivity index (χ1n) is 4.96. The van der Waals surface area contributed by atoms with Gasteiger partial charge in [0.25, 0.3) is 0 Å². The van der Waals surface area contributed by atoms with E-state index in [1.807, 2.05) is 20.8 Å². The highest BCUT2D eigenvalue weighted by molar-refractivity contribution is 5.02. The van der Waals surface area contributed by atoms with Crippen molar-refractivity contribution in [1.29, 1.82) is 0 Å². The van der Waals surface area contributed by atoms with Crippen LogP contribution < -0.4 is 0 Å². The van der Waals surface area contributed by atoms with E-state index in [0.29, 0.717) is 0 Å². The summed E-state index contributed by atoms with van der Waals surface area (Å²) in [7, 11) is 0. The van der Waals surface area contributed by atoms with E-state index in [1.54, 1.807) is 0 Å². The Bertz CT molecular complexity index is 191. The molecule has 0 spiro atoms. The Labute approximate surface area is 80.8 Å². The maximum absolute atomic E-state index is 5.45. The fourth-order valence-corrected chi connectivity index (χ4v) is 1.28. The molecule has 1 rings (SSSR count). The van der Waals surface area contributed by atoms with Crippen LogP contribution in [0.2, 0.25) is 0 Å². The average Bonchev–Trinajstić information content (AvgIpc) is 2.02. The monoisotopic (exact) mass is 184 g/mol. The summed E-state index contributed by atoms with van der Waals surface area (Å²) in [6.45, 7) is 8.03. The van der Waals surface area contributed by atoms with E-state index >= 15 is 0 Å². The van der Waals surface area contributed by atoms with Gasteiger partial charge in [0.2, 0.25) is 0 Å². The molecule has 0 radical (unpaired) electrons. The molecule has 0 saturated carbocycles. The molecule has 2 heteroatoms. The molecule has 0 aromatic carbocycles. The highest BCUT2D eigenvalue weighted by atomic mass is 17.2. The Morgan fingerprint density at radius 3 is 2.46 bits per heavy atom. The minimum absolute atomic E-state index is 0.217. The average molecular weight is 184 g/mol. The lowest BCUT2D eigenvalue weighted by molar-refractivity contribution is -0.391. The van der Waals surface area contributed by atoms with Gasteiger partial charge in [-0.15, -0.1) is 0 Å². The van der Waals surface area contributed by atoms with E-state index in [-0.39, 0.29) is 11.2 Å². The number of allylic oxidation sites excluding steroid dienone is 1. The van der Waals surface area contributed by atoms with E-state index in [1.165, 1.54) is 6.42 Å². The molecule has 0 bridgehead atoms. The molecular formula is C11H20O2. The number of hydrogen-bond donors (Lipinski definition) is 0. The second kappa shape index (κ2) is 3.81. The van der Waals surface area contributed by atoms with Crippen LogP contribution in [-0.2, 0) is 9.78 Å². The predicted octanol–water partition coefficient (Wildman–Crippen LogP) is 3.23. The summed E-state index contributed by atoms with van der Waals surface area (Å²) in [6.07, 6.45) is 7.65. The fourth-order valence-electron chi connectivity index (χ4n) is 1.28. The molecule has 76 valence electrons. The number of hydrogen-bond acceptors (Lipinski definition) is 2. The molecule has 0 aromatic rings. The van der Waals surface area contributed by atoms with Gasteiger partial charge in [-0.25, -0.2) is 9.78 Å². The lowest BCUT2D eigenvalue weighted by atomic mass is 9.93. The van der Waals surface area contributed by atoms with Crippen LogP contribution in [0.5, 0.6) is 0 Å². The van der Waals surface area contributed by atoms with Gasteiger partial charge in [-0.05, 0) is 47.0 Å². The molecule has 0 N–H and O–H groups in total. The van der Waals surface area contributed by atoms with Crippen LogP contribution >= 0.6 is 0 Å². The topological polar surface area (TPSA) is 18.5 Å². The predicted molar refractivity (Wildman–Crippen MR) is 53.3 cm³/mol. The highest BCUT2D eigenvalue weighted by Crippen LogP contribution is 2.27. The van der Waals surface area contributed by atoms with E-state index in [2.05, 4.69) is 19.1 Å². The molecule has 0 unspecified atom stereocenters. The van der Waals surface area contributed by atoms with Crippen molar-refractivity contribution in [3.63, 3.8) is 0 Å². The molecule has 2 nitrogen and oxygen atoms in total. The fraction of sp³-hybridized carbons (Fsp3) is 0.818. The van der Waals surface area contributed by atoms with Crippen LogP contribution in [0.15, 0.2) is 12.2 Å². The smallest absolute Gasteiger partial charge is 0.119 e. The lowest BCUT2D eigenvalue weighted by Crippen LogP contribution is -2.32. The molecule has 0 heterocycles. The normalized spacial score (nSPS) is 29.2. The van der Waals surface area contributed by atoms with Crippen LogP contribution in [0.4, 0.5) is 0 Å². The number of rotatable bonds is 2. The van der Waals surface area contributed by atoms with E-state index < -0.39 is 0 Å². The summed E-state index contributed by atoms with van der Waals surface area (Å²) in [5.41, 5.74) is -0.445. The van der Waals surface area contributed by atoms with Gasteiger partial charge >= 0.3 is 0 Å². The van der Waals surface area contributed by atoms with Crippen LogP contribution in [0.1, 0.15) is 47.0 Å². The first-order chi connectivity index (χ1) is 5.91. The first kappa shape index (κ1) is 10.7. The van der Waals surface area contributed by atoms with Crippen LogP contribution in [0.3, 0.4) is 0 Å². The summed E-state index contributed by atoms with van der Waals surface area (Å²) >= 11 is 0. The van der Waals surface area contributed by atoms with Gasteiger partial charge in [-0.2, -0.15) is 0 Å². The van der Waals surface area contributed by atoms with Gasteiger partial charge in [0.1, 0.15) is 5.60 Å². The molecule has 0 fully saturated rings. The minimum Gasteiger partial charge on any atom is -0.230 e. The second-order valence-electron chi connectivity index (χ2n) is 4.89. The zero-order valence-corrected chi connectivity index (χ0v) is 9.09. The van der Waals surface area contributed by atoms with Crippen molar-refractivity contribution >= 4 is 0 Å². The summed E-state index contributed by atoms with van der Waals surface area (Å²) in [5.74, 6) is 0. The van der Waals surface area contributed by atoms with Gasteiger partial charge in [0, 0.05) is 0 Å². The third-order valence-electron chi connectivity index (χ3n) is 2.00. The van der Waals surface area contributed by atoms with Crippen molar-refractivity contribution in [1.82, 2.24) is 0 Å². The second-order valence-corrected chi connectivity index (χ2v) is 4.89. The van der Waals surface area contributed by atoms with Crippen molar-refractivity contribution in [3.05, 3.63) is 12.2 Å². The van der Waals surface area contributed by atoms with Crippen molar-refractivity contribution < 1.29 is 9.78 Å². The molecule has 0 aliphatic heterocycles. The van der Waals surface area contributed by atoms with Gasteiger partial charge in [-0.1, -0.05) is 12.2 Å². The highest BCUT2D eigenvalue weighted by Gasteiger charge is 2.27. The Morgan fingerprint density at radius 1 is 1.31 bits per heavy atom. The van der Waals surface area contributed by atoms with E-state index in [0.717, 1.165) is 12.8 Å². The Hall–Kier alpha value is -0.340. The lowest BCUT2D eigenvalue weighted by Gasteiger charge is -2.31. The van der Waals surface area contributed by atoms with Gasteiger partial charge in [0.05, 0.1) is 5.60 Å². The zero-order chi connectivity index (χ0) is 9.95. The Kier molecular flexibility index (Phi) is 3.14. The molecule has 0 aromatic heterocycles. The van der Waals surface area contributed by atoms with E-state index in [9.17, 15) is 0 Å². The SMILES string of the molecule is CC(C)(C)OO[C@@]1(C)C=CCCC1. The minimum atomic E-state index is -0.228. The van der Waals surface area contributed by atoms with Crippen LogP contribution in [0, 0.1) is 0 Å². The van der Waals surface area contributed by atoms with Gasteiger partial charge in [-0.3, -0.25) is 0 Å². The van der Waals surface area contributed by atoms with Crippen molar-refractivity contribution in [3.8, 4) is 0 Å². The van der Waals surface area contributed by atoms with Crippen molar-refractivity contribution in [2.45, 2.75) is 58.2 Å². The summed E-state index contributed by atoms with van der Waals surface area (Å²) < 4.78 is 0. The molecular weight excluding hydrogens is 164 g/mol. The standard InChI is InChI=1S/C11H20O2/c1-10(2,3)12-13-11(4)8-6-5-7-9-11/h6,8H,5,7,9H2,1-4H3/t11-/m0/s1. The maximum atomic E-state index is 5.45. The Morgan fingerprint density at radius 2 is 2.00 bits per heavy atom. The quantitative estimate of drug-likeness (QED) is 0.372. The van der Waals surface area contributed by atoms with Crippen LogP contribution in [-0.4, -0.2) is 11.2 Å². The maximum Gasteiger partial charge on any atom is 0.119 e. The molecule has 0 saturated heterocycles. The largest absolute Gasteiger partial charge is 0.230 e. The van der Waals surface area contributed by atoms with E-state index in [4.69, 9.17) is 9.78 Å². The zero-order valence-electron chi connectivity index (χ0n) is 9.09.